The summed E-state index contributed by atoms with van der Waals surface area (Å²) < 4.78 is 21.6. The third-order valence-corrected chi connectivity index (χ3v) is 3.61. The topological polar surface area (TPSA) is 120 Å². The quantitative estimate of drug-likeness (QED) is 0.274. The van der Waals surface area contributed by atoms with Crippen LogP contribution in [0.3, 0.4) is 0 Å². The Morgan fingerprint density at radius 1 is 0.862 bits per heavy atom. The lowest BCUT2D eigenvalue weighted by Gasteiger charge is -2.08. The fourth-order valence-electron chi connectivity index (χ4n) is 2.11. The molecule has 1 amide bonds. The third kappa shape index (κ3) is 14.2. The van der Waals surface area contributed by atoms with Gasteiger partial charge in [0.25, 0.3) is 0 Å². The van der Waals surface area contributed by atoms with Gasteiger partial charge in [-0.2, -0.15) is 0 Å². The molecule has 0 atom stereocenters. The number of aldehydes is 1. The van der Waals surface area contributed by atoms with Crippen LogP contribution in [-0.4, -0.2) is 76.1 Å². The number of carboxylic acid groups (broad SMARTS) is 1. The van der Waals surface area contributed by atoms with Crippen molar-refractivity contribution in [1.82, 2.24) is 5.32 Å². The highest BCUT2D eigenvalue weighted by Gasteiger charge is 2.04. The minimum absolute atomic E-state index is 0.00722. The van der Waals surface area contributed by atoms with Crippen LogP contribution in [0.15, 0.2) is 24.3 Å². The molecule has 0 aliphatic rings. The fraction of sp³-hybridized carbons (Fsp3) is 0.550. The van der Waals surface area contributed by atoms with E-state index in [2.05, 4.69) is 5.32 Å². The second-order valence-electron chi connectivity index (χ2n) is 5.97. The van der Waals surface area contributed by atoms with Crippen LogP contribution in [0.4, 0.5) is 0 Å². The Labute approximate surface area is 170 Å². The zero-order valence-electron chi connectivity index (χ0n) is 16.5. The molecule has 0 aromatic heterocycles. The van der Waals surface area contributed by atoms with Crippen molar-refractivity contribution < 1.29 is 38.4 Å². The molecule has 162 valence electrons. The highest BCUT2D eigenvalue weighted by molar-refractivity contribution is 5.80. The van der Waals surface area contributed by atoms with Gasteiger partial charge in [-0.1, -0.05) is 0 Å². The second-order valence-corrected chi connectivity index (χ2v) is 5.97. The van der Waals surface area contributed by atoms with Gasteiger partial charge < -0.3 is 29.4 Å². The van der Waals surface area contributed by atoms with Gasteiger partial charge in [-0.25, -0.2) is 0 Å². The average molecular weight is 411 g/mol. The summed E-state index contributed by atoms with van der Waals surface area (Å²) in [4.78, 5) is 32.2. The first-order valence-electron chi connectivity index (χ1n) is 9.51. The second kappa shape index (κ2) is 16.5. The van der Waals surface area contributed by atoms with E-state index < -0.39 is 5.97 Å². The van der Waals surface area contributed by atoms with Crippen LogP contribution in [0.5, 0.6) is 5.75 Å². The number of carboxylic acids is 1. The van der Waals surface area contributed by atoms with Crippen molar-refractivity contribution in [3.8, 4) is 5.75 Å². The normalized spacial score (nSPS) is 10.5. The van der Waals surface area contributed by atoms with Crippen molar-refractivity contribution in [2.45, 2.75) is 19.3 Å². The zero-order valence-corrected chi connectivity index (χ0v) is 16.5. The van der Waals surface area contributed by atoms with Gasteiger partial charge in [-0.15, -0.1) is 0 Å². The first kappa shape index (κ1) is 24.5. The Morgan fingerprint density at radius 3 is 2.03 bits per heavy atom. The molecule has 0 bridgehead atoms. The lowest BCUT2D eigenvalue weighted by atomic mass is 10.2. The number of aliphatic carboxylic acids is 1. The third-order valence-electron chi connectivity index (χ3n) is 3.61. The van der Waals surface area contributed by atoms with Crippen molar-refractivity contribution in [3.05, 3.63) is 29.8 Å². The minimum atomic E-state index is -0.982. The molecular formula is C20H29NO8. The summed E-state index contributed by atoms with van der Waals surface area (Å²) in [6, 6.07) is 6.86. The average Bonchev–Trinajstić information content (AvgIpc) is 2.72. The number of nitrogens with one attached hydrogen (secondary N) is 1. The Morgan fingerprint density at radius 2 is 1.45 bits per heavy atom. The van der Waals surface area contributed by atoms with E-state index >= 15 is 0 Å². The van der Waals surface area contributed by atoms with Crippen LogP contribution < -0.4 is 10.1 Å². The first-order valence-corrected chi connectivity index (χ1v) is 9.51. The van der Waals surface area contributed by atoms with Gasteiger partial charge in [-0.05, 0) is 30.7 Å². The molecule has 1 aromatic carbocycles. The maximum Gasteiger partial charge on any atom is 0.303 e. The van der Waals surface area contributed by atoms with E-state index in [0.29, 0.717) is 70.5 Å². The van der Waals surface area contributed by atoms with Crippen molar-refractivity contribution in [1.29, 1.82) is 0 Å². The van der Waals surface area contributed by atoms with Crippen LogP contribution in [0.1, 0.15) is 29.6 Å². The zero-order chi connectivity index (χ0) is 21.2. The predicted octanol–water partition coefficient (Wildman–Crippen LogP) is 1.30. The molecule has 9 nitrogen and oxygen atoms in total. The molecule has 0 fully saturated rings. The molecule has 29 heavy (non-hydrogen) atoms. The molecule has 0 spiro atoms. The van der Waals surface area contributed by atoms with E-state index in [1.807, 2.05) is 0 Å². The maximum absolute atomic E-state index is 11.3. The summed E-state index contributed by atoms with van der Waals surface area (Å²) in [5.41, 5.74) is 0.606. The molecule has 1 rings (SSSR count). The van der Waals surface area contributed by atoms with Gasteiger partial charge >= 0.3 is 5.97 Å². The number of hydrogen-bond acceptors (Lipinski definition) is 7. The monoisotopic (exact) mass is 411 g/mol. The number of carbonyl (C=O) groups excluding carboxylic acids is 2. The van der Waals surface area contributed by atoms with Gasteiger partial charge in [0.05, 0.1) is 39.5 Å². The van der Waals surface area contributed by atoms with Gasteiger partial charge in [0.15, 0.2) is 0 Å². The lowest BCUT2D eigenvalue weighted by Crippen LogP contribution is -2.25. The number of ether oxygens (including phenoxy) is 4. The summed E-state index contributed by atoms with van der Waals surface area (Å²) in [6.45, 7) is 3.61. The Hall–Kier alpha value is -2.49. The van der Waals surface area contributed by atoms with Crippen LogP contribution in [0.2, 0.25) is 0 Å². The maximum atomic E-state index is 11.3. The van der Waals surface area contributed by atoms with E-state index in [9.17, 15) is 14.4 Å². The fourth-order valence-corrected chi connectivity index (χ4v) is 2.11. The minimum Gasteiger partial charge on any atom is -0.491 e. The van der Waals surface area contributed by atoms with Crippen LogP contribution in [-0.2, 0) is 23.8 Å². The van der Waals surface area contributed by atoms with E-state index in [0.717, 1.165) is 6.29 Å². The van der Waals surface area contributed by atoms with E-state index in [-0.39, 0.29) is 18.7 Å². The standard InChI is InChI=1S/C20H29NO8/c22-16-17-2-4-18(5-3-17)29-15-14-28-13-12-27-11-10-26-9-1-8-21-19(23)6-7-20(24)25/h2-5,16H,1,6-15H2,(H,21,23)(H,24,25). The van der Waals surface area contributed by atoms with Crippen LogP contribution in [0, 0.1) is 0 Å². The summed E-state index contributed by atoms with van der Waals surface area (Å²) in [6.07, 6.45) is 1.27. The number of carbonyl (C=O) groups is 3. The van der Waals surface area contributed by atoms with Gasteiger partial charge in [-0.3, -0.25) is 14.4 Å². The highest BCUT2D eigenvalue weighted by atomic mass is 16.6. The van der Waals surface area contributed by atoms with Crippen LogP contribution in [0.25, 0.3) is 0 Å². The molecule has 0 saturated heterocycles. The summed E-state index contributed by atoms with van der Waals surface area (Å²) in [5.74, 6) is -0.561. The first-order chi connectivity index (χ1) is 14.1. The SMILES string of the molecule is O=Cc1ccc(OCCOCCOCCOCCCNC(=O)CCC(=O)O)cc1. The Kier molecular flexibility index (Phi) is 13.9. The molecular weight excluding hydrogens is 382 g/mol. The smallest absolute Gasteiger partial charge is 0.303 e. The summed E-state index contributed by atoms with van der Waals surface area (Å²) in [7, 11) is 0. The summed E-state index contributed by atoms with van der Waals surface area (Å²) in [5, 5.41) is 11.1. The molecule has 0 radical (unpaired) electrons. The Bertz CT molecular complexity index is 591. The molecule has 0 saturated carbocycles. The molecule has 1 aromatic rings. The number of hydrogen-bond donors (Lipinski definition) is 2. The van der Waals surface area contributed by atoms with Crippen molar-refractivity contribution in [2.75, 3.05) is 52.8 Å². The van der Waals surface area contributed by atoms with E-state index in [1.54, 1.807) is 24.3 Å². The molecule has 0 heterocycles. The molecule has 0 aliphatic heterocycles. The van der Waals surface area contributed by atoms with Gasteiger partial charge in [0, 0.05) is 25.1 Å². The lowest BCUT2D eigenvalue weighted by molar-refractivity contribution is -0.138. The number of benzene rings is 1. The van der Waals surface area contributed by atoms with Gasteiger partial charge in [0.1, 0.15) is 18.6 Å². The van der Waals surface area contributed by atoms with E-state index in [1.165, 1.54) is 0 Å². The van der Waals surface area contributed by atoms with Crippen LogP contribution >= 0.6 is 0 Å². The Balaban J connectivity index is 1.80. The molecule has 2 N–H and O–H groups in total. The number of rotatable bonds is 18. The van der Waals surface area contributed by atoms with Crippen molar-refractivity contribution >= 4 is 18.2 Å². The molecule has 9 heteroatoms. The van der Waals surface area contributed by atoms with Crippen molar-refractivity contribution in [2.24, 2.45) is 0 Å². The van der Waals surface area contributed by atoms with Crippen molar-refractivity contribution in [3.63, 3.8) is 0 Å². The summed E-state index contributed by atoms with van der Waals surface area (Å²) >= 11 is 0. The van der Waals surface area contributed by atoms with E-state index in [4.69, 9.17) is 24.1 Å². The number of amides is 1. The highest BCUT2D eigenvalue weighted by Crippen LogP contribution is 2.10. The predicted molar refractivity (Wildman–Crippen MR) is 104 cm³/mol. The van der Waals surface area contributed by atoms with Gasteiger partial charge in [0.2, 0.25) is 5.91 Å². The largest absolute Gasteiger partial charge is 0.491 e. The molecule has 0 unspecified atom stereocenters. The molecule has 0 aliphatic carbocycles.